The number of benzene rings is 2. The number of guanidine groups is 1. The minimum atomic E-state index is -0.0975. The largest absolute Gasteiger partial charge is 0.497 e. The summed E-state index contributed by atoms with van der Waals surface area (Å²) in [6, 6.07) is 15.8. The van der Waals surface area contributed by atoms with Gasteiger partial charge in [-0.3, -0.25) is 9.79 Å². The van der Waals surface area contributed by atoms with Gasteiger partial charge in [-0.05, 0) is 35.7 Å². The van der Waals surface area contributed by atoms with Crippen LogP contribution in [0.4, 0.5) is 0 Å². The summed E-state index contributed by atoms with van der Waals surface area (Å²) in [4.78, 5) is 16.1. The number of aliphatic imine (C=N–C) groups is 1. The van der Waals surface area contributed by atoms with Gasteiger partial charge in [0.05, 0.1) is 13.7 Å². The molecule has 1 amide bonds. The van der Waals surface area contributed by atoms with Crippen molar-refractivity contribution >= 4 is 35.8 Å². The highest BCUT2D eigenvalue weighted by atomic mass is 127. The van der Waals surface area contributed by atoms with Crippen LogP contribution < -0.4 is 20.7 Å². The molecule has 0 aliphatic rings. The van der Waals surface area contributed by atoms with Crippen molar-refractivity contribution in [3.05, 3.63) is 65.2 Å². The molecular formula is C20H27IN4O2. The van der Waals surface area contributed by atoms with E-state index in [4.69, 9.17) is 4.74 Å². The second-order valence-electron chi connectivity index (χ2n) is 5.83. The van der Waals surface area contributed by atoms with Gasteiger partial charge in [0.2, 0.25) is 5.91 Å². The molecule has 7 heteroatoms. The quantitative estimate of drug-likeness (QED) is 0.322. The lowest BCUT2D eigenvalue weighted by molar-refractivity contribution is -0.120. The van der Waals surface area contributed by atoms with Crippen molar-refractivity contribution in [3.63, 3.8) is 0 Å². The molecule has 0 heterocycles. The minimum Gasteiger partial charge on any atom is -0.497 e. The minimum absolute atomic E-state index is 0. The van der Waals surface area contributed by atoms with Crippen LogP contribution in [0.15, 0.2) is 53.5 Å². The van der Waals surface area contributed by atoms with Crippen LogP contribution in [0, 0.1) is 6.92 Å². The third kappa shape index (κ3) is 7.86. The fourth-order valence-electron chi connectivity index (χ4n) is 2.38. The van der Waals surface area contributed by atoms with Crippen molar-refractivity contribution in [1.82, 2.24) is 16.0 Å². The van der Waals surface area contributed by atoms with E-state index in [1.807, 2.05) is 36.4 Å². The van der Waals surface area contributed by atoms with Crippen molar-refractivity contribution in [2.24, 2.45) is 4.99 Å². The normalized spacial score (nSPS) is 10.6. The second-order valence-corrected chi connectivity index (χ2v) is 5.83. The molecule has 6 nitrogen and oxygen atoms in total. The number of amides is 1. The maximum absolute atomic E-state index is 12.0. The van der Waals surface area contributed by atoms with Crippen LogP contribution >= 0.6 is 24.0 Å². The van der Waals surface area contributed by atoms with E-state index in [2.05, 4.69) is 40.0 Å². The third-order valence-corrected chi connectivity index (χ3v) is 4.00. The molecule has 2 aromatic carbocycles. The van der Waals surface area contributed by atoms with E-state index in [0.29, 0.717) is 19.0 Å². The highest BCUT2D eigenvalue weighted by Gasteiger charge is 2.05. The van der Waals surface area contributed by atoms with Gasteiger partial charge in [0.25, 0.3) is 0 Å². The number of carbonyl (C=O) groups is 1. The Hall–Kier alpha value is -2.29. The lowest BCUT2D eigenvalue weighted by Crippen LogP contribution is -2.42. The summed E-state index contributed by atoms with van der Waals surface area (Å²) in [5, 5.41) is 9.11. The molecule has 0 bridgehead atoms. The smallest absolute Gasteiger partial charge is 0.239 e. The summed E-state index contributed by atoms with van der Waals surface area (Å²) >= 11 is 0. The van der Waals surface area contributed by atoms with Gasteiger partial charge in [-0.25, -0.2) is 0 Å². The number of nitrogens with zero attached hydrogens (tertiary/aromatic N) is 1. The summed E-state index contributed by atoms with van der Waals surface area (Å²) in [6.07, 6.45) is 0. The Bertz CT molecular complexity index is 748. The van der Waals surface area contributed by atoms with E-state index >= 15 is 0 Å². The van der Waals surface area contributed by atoms with Crippen LogP contribution in [0.5, 0.6) is 5.75 Å². The Kier molecular flexibility index (Phi) is 10.2. The number of carbonyl (C=O) groups excluding carboxylic acids is 1. The van der Waals surface area contributed by atoms with E-state index in [9.17, 15) is 4.79 Å². The summed E-state index contributed by atoms with van der Waals surface area (Å²) in [5.41, 5.74) is 3.42. The average Bonchev–Trinajstić information content (AvgIpc) is 2.68. The fourth-order valence-corrected chi connectivity index (χ4v) is 2.38. The molecule has 2 aromatic rings. The first-order valence-electron chi connectivity index (χ1n) is 8.51. The molecule has 0 aliphatic carbocycles. The Morgan fingerprint density at radius 1 is 1.00 bits per heavy atom. The van der Waals surface area contributed by atoms with Gasteiger partial charge < -0.3 is 20.7 Å². The number of hydrogen-bond acceptors (Lipinski definition) is 3. The Balaban J connectivity index is 0.00000364. The number of nitrogens with one attached hydrogen (secondary N) is 3. The van der Waals surface area contributed by atoms with E-state index in [1.54, 1.807) is 14.2 Å². The molecule has 146 valence electrons. The highest BCUT2D eigenvalue weighted by molar-refractivity contribution is 14.0. The summed E-state index contributed by atoms with van der Waals surface area (Å²) in [5.74, 6) is 1.29. The highest BCUT2D eigenvalue weighted by Crippen LogP contribution is 2.10. The molecular weight excluding hydrogens is 455 g/mol. The number of hydrogen-bond donors (Lipinski definition) is 3. The molecule has 0 fully saturated rings. The monoisotopic (exact) mass is 482 g/mol. The van der Waals surface area contributed by atoms with E-state index < -0.39 is 0 Å². The van der Waals surface area contributed by atoms with Crippen LogP contribution in [0.2, 0.25) is 0 Å². The first-order valence-corrected chi connectivity index (χ1v) is 8.51. The maximum atomic E-state index is 12.0. The third-order valence-electron chi connectivity index (χ3n) is 4.00. The molecule has 0 saturated carbocycles. The second kappa shape index (κ2) is 12.2. The molecule has 0 aromatic heterocycles. The van der Waals surface area contributed by atoms with Crippen molar-refractivity contribution in [2.45, 2.75) is 20.0 Å². The molecule has 0 unspecified atom stereocenters. The molecule has 0 spiro atoms. The van der Waals surface area contributed by atoms with Crippen molar-refractivity contribution in [2.75, 3.05) is 20.7 Å². The SMILES string of the molecule is CN=C(NCC(=O)NCc1ccc(OC)cc1)NCc1ccccc1C.I. The van der Waals surface area contributed by atoms with Crippen molar-refractivity contribution < 1.29 is 9.53 Å². The lowest BCUT2D eigenvalue weighted by atomic mass is 10.1. The van der Waals surface area contributed by atoms with E-state index in [-0.39, 0.29) is 36.4 Å². The van der Waals surface area contributed by atoms with Gasteiger partial charge in [-0.1, -0.05) is 36.4 Å². The van der Waals surface area contributed by atoms with Gasteiger partial charge in [0.1, 0.15) is 5.75 Å². The predicted octanol–water partition coefficient (Wildman–Crippen LogP) is 2.60. The molecule has 27 heavy (non-hydrogen) atoms. The van der Waals surface area contributed by atoms with Gasteiger partial charge in [-0.2, -0.15) is 0 Å². The van der Waals surface area contributed by atoms with E-state index in [1.165, 1.54) is 11.1 Å². The summed E-state index contributed by atoms with van der Waals surface area (Å²) in [7, 11) is 3.31. The molecule has 2 rings (SSSR count). The zero-order valence-electron chi connectivity index (χ0n) is 15.9. The average molecular weight is 482 g/mol. The molecule has 3 N–H and O–H groups in total. The van der Waals surface area contributed by atoms with Crippen LogP contribution in [-0.4, -0.2) is 32.6 Å². The van der Waals surface area contributed by atoms with Crippen LogP contribution in [0.3, 0.4) is 0 Å². The van der Waals surface area contributed by atoms with Crippen LogP contribution in [0.1, 0.15) is 16.7 Å². The van der Waals surface area contributed by atoms with Crippen LogP contribution in [0.25, 0.3) is 0 Å². The van der Waals surface area contributed by atoms with Gasteiger partial charge >= 0.3 is 0 Å². The van der Waals surface area contributed by atoms with Crippen LogP contribution in [-0.2, 0) is 17.9 Å². The Labute approximate surface area is 177 Å². The Morgan fingerprint density at radius 3 is 2.33 bits per heavy atom. The van der Waals surface area contributed by atoms with Gasteiger partial charge in [-0.15, -0.1) is 24.0 Å². The first-order chi connectivity index (χ1) is 12.6. The Morgan fingerprint density at radius 2 is 1.70 bits per heavy atom. The number of rotatable bonds is 7. The van der Waals surface area contributed by atoms with Crippen molar-refractivity contribution in [1.29, 1.82) is 0 Å². The van der Waals surface area contributed by atoms with Gasteiger partial charge in [0.15, 0.2) is 5.96 Å². The summed E-state index contributed by atoms with van der Waals surface area (Å²) in [6.45, 7) is 3.35. The zero-order valence-corrected chi connectivity index (χ0v) is 18.2. The summed E-state index contributed by atoms with van der Waals surface area (Å²) < 4.78 is 5.12. The molecule has 0 saturated heterocycles. The lowest BCUT2D eigenvalue weighted by Gasteiger charge is -2.13. The zero-order chi connectivity index (χ0) is 18.8. The number of halogens is 1. The first kappa shape index (κ1) is 22.8. The van der Waals surface area contributed by atoms with E-state index in [0.717, 1.165) is 11.3 Å². The molecule has 0 aliphatic heterocycles. The topological polar surface area (TPSA) is 74.8 Å². The number of methoxy groups -OCH3 is 1. The standard InChI is InChI=1S/C20H26N4O2.HI/c1-15-6-4-5-7-17(15)13-23-20(21-2)24-14-19(25)22-12-16-8-10-18(26-3)11-9-16;/h4-11H,12-14H2,1-3H3,(H,22,25)(H2,21,23,24);1H. The fraction of sp³-hybridized carbons (Fsp3) is 0.300. The maximum Gasteiger partial charge on any atom is 0.239 e. The number of aryl methyl sites for hydroxylation is 1. The van der Waals surface area contributed by atoms with Crippen molar-refractivity contribution in [3.8, 4) is 5.75 Å². The van der Waals surface area contributed by atoms with Gasteiger partial charge in [0, 0.05) is 20.1 Å². The molecule has 0 atom stereocenters. The predicted molar refractivity (Wildman–Crippen MR) is 120 cm³/mol. The molecule has 0 radical (unpaired) electrons. The number of ether oxygens (including phenoxy) is 1.